The molecular formula is C22H28N4O. The van der Waals surface area contributed by atoms with Gasteiger partial charge in [-0.15, -0.1) is 0 Å². The molecule has 0 saturated carbocycles. The van der Waals surface area contributed by atoms with E-state index in [9.17, 15) is 4.79 Å². The van der Waals surface area contributed by atoms with Gasteiger partial charge in [0, 0.05) is 31.4 Å². The molecular weight excluding hydrogens is 336 g/mol. The van der Waals surface area contributed by atoms with Gasteiger partial charge in [0.15, 0.2) is 0 Å². The molecule has 1 amide bonds. The zero-order valence-corrected chi connectivity index (χ0v) is 16.3. The molecule has 3 heterocycles. The molecule has 1 aromatic carbocycles. The van der Waals surface area contributed by atoms with Crippen LogP contribution in [0.5, 0.6) is 0 Å². The van der Waals surface area contributed by atoms with Gasteiger partial charge in [-0.25, -0.2) is 9.97 Å². The van der Waals surface area contributed by atoms with Gasteiger partial charge in [-0.2, -0.15) is 0 Å². The SMILES string of the molecule is CCC1CCCCN1C(=O)c1cc(C)nc(N2CCc3ccccc3C2)n1. The van der Waals surface area contributed by atoms with Crippen LogP contribution < -0.4 is 4.90 Å². The third-order valence-electron chi connectivity index (χ3n) is 5.83. The summed E-state index contributed by atoms with van der Waals surface area (Å²) in [5, 5.41) is 0. The number of nitrogens with zero attached hydrogens (tertiary/aromatic N) is 4. The summed E-state index contributed by atoms with van der Waals surface area (Å²) in [6.07, 6.45) is 5.39. The van der Waals surface area contributed by atoms with Crippen molar-refractivity contribution in [2.24, 2.45) is 0 Å². The summed E-state index contributed by atoms with van der Waals surface area (Å²) < 4.78 is 0. The Morgan fingerprint density at radius 2 is 1.96 bits per heavy atom. The number of anilines is 1. The zero-order valence-electron chi connectivity index (χ0n) is 16.3. The largest absolute Gasteiger partial charge is 0.336 e. The normalized spacial score (nSPS) is 19.7. The van der Waals surface area contributed by atoms with Crippen LogP contribution in [0.1, 0.15) is 59.9 Å². The van der Waals surface area contributed by atoms with Gasteiger partial charge in [0.25, 0.3) is 5.91 Å². The number of carbonyl (C=O) groups is 1. The van der Waals surface area contributed by atoms with E-state index in [2.05, 4.69) is 41.1 Å². The quantitative estimate of drug-likeness (QED) is 0.832. The van der Waals surface area contributed by atoms with Crippen molar-refractivity contribution in [3.05, 3.63) is 52.8 Å². The monoisotopic (exact) mass is 364 g/mol. The molecule has 5 heteroatoms. The highest BCUT2D eigenvalue weighted by molar-refractivity contribution is 5.93. The van der Waals surface area contributed by atoms with Crippen molar-refractivity contribution in [3.63, 3.8) is 0 Å². The smallest absolute Gasteiger partial charge is 0.272 e. The molecule has 27 heavy (non-hydrogen) atoms. The third kappa shape index (κ3) is 3.68. The molecule has 1 aromatic heterocycles. The maximum absolute atomic E-state index is 13.2. The number of piperidine rings is 1. The van der Waals surface area contributed by atoms with Crippen LogP contribution in [0.4, 0.5) is 5.95 Å². The summed E-state index contributed by atoms with van der Waals surface area (Å²) in [4.78, 5) is 26.7. The van der Waals surface area contributed by atoms with Crippen molar-refractivity contribution in [2.75, 3.05) is 18.0 Å². The van der Waals surface area contributed by atoms with Crippen molar-refractivity contribution < 1.29 is 4.79 Å². The van der Waals surface area contributed by atoms with Crippen LogP contribution in [0, 0.1) is 6.92 Å². The first kappa shape index (κ1) is 18.0. The molecule has 2 aromatic rings. The van der Waals surface area contributed by atoms with E-state index in [1.807, 2.05) is 17.9 Å². The van der Waals surface area contributed by atoms with Crippen LogP contribution in [-0.4, -0.2) is 39.9 Å². The molecule has 1 atom stereocenters. The number of aromatic nitrogens is 2. The minimum atomic E-state index is 0.0608. The maximum atomic E-state index is 13.2. The van der Waals surface area contributed by atoms with E-state index in [1.54, 1.807) is 0 Å². The first-order valence-electron chi connectivity index (χ1n) is 10.1. The van der Waals surface area contributed by atoms with Gasteiger partial charge in [0.1, 0.15) is 5.69 Å². The van der Waals surface area contributed by atoms with E-state index in [0.717, 1.165) is 51.0 Å². The summed E-state index contributed by atoms with van der Waals surface area (Å²) in [5.74, 6) is 0.739. The van der Waals surface area contributed by atoms with Crippen molar-refractivity contribution >= 4 is 11.9 Å². The van der Waals surface area contributed by atoms with Gasteiger partial charge in [-0.05, 0) is 56.2 Å². The molecule has 0 bridgehead atoms. The standard InChI is InChI=1S/C22H28N4O/c1-3-19-10-6-7-12-26(19)21(27)20-14-16(2)23-22(24-20)25-13-11-17-8-4-5-9-18(17)15-25/h4-5,8-9,14,19H,3,6-7,10-13,15H2,1-2H3. The summed E-state index contributed by atoms with van der Waals surface area (Å²) >= 11 is 0. The van der Waals surface area contributed by atoms with E-state index < -0.39 is 0 Å². The minimum Gasteiger partial charge on any atom is -0.336 e. The topological polar surface area (TPSA) is 49.3 Å². The second kappa shape index (κ2) is 7.67. The van der Waals surface area contributed by atoms with Gasteiger partial charge < -0.3 is 9.80 Å². The lowest BCUT2D eigenvalue weighted by atomic mass is 9.99. The van der Waals surface area contributed by atoms with Crippen LogP contribution in [0.15, 0.2) is 30.3 Å². The Kier molecular flexibility index (Phi) is 5.10. The number of carbonyl (C=O) groups excluding carboxylic acids is 1. The molecule has 2 aliphatic heterocycles. The van der Waals surface area contributed by atoms with E-state index in [-0.39, 0.29) is 5.91 Å². The molecule has 1 unspecified atom stereocenters. The maximum Gasteiger partial charge on any atom is 0.272 e. The number of hydrogen-bond donors (Lipinski definition) is 0. The number of hydrogen-bond acceptors (Lipinski definition) is 4. The van der Waals surface area contributed by atoms with Crippen molar-refractivity contribution in [2.45, 2.75) is 58.5 Å². The van der Waals surface area contributed by atoms with Gasteiger partial charge in [0.05, 0.1) is 0 Å². The lowest BCUT2D eigenvalue weighted by Crippen LogP contribution is -2.44. The number of fused-ring (bicyclic) bond motifs is 1. The molecule has 2 aliphatic rings. The summed E-state index contributed by atoms with van der Waals surface area (Å²) in [5.41, 5.74) is 4.12. The summed E-state index contributed by atoms with van der Waals surface area (Å²) in [6.45, 7) is 6.64. The Hall–Kier alpha value is -2.43. The number of aryl methyl sites for hydroxylation is 1. The fraction of sp³-hybridized carbons (Fsp3) is 0.500. The fourth-order valence-electron chi connectivity index (χ4n) is 4.31. The molecule has 1 saturated heterocycles. The van der Waals surface area contributed by atoms with Crippen molar-refractivity contribution in [1.29, 1.82) is 0 Å². The van der Waals surface area contributed by atoms with Crippen LogP contribution in [0.2, 0.25) is 0 Å². The van der Waals surface area contributed by atoms with Gasteiger partial charge in [-0.1, -0.05) is 31.2 Å². The molecule has 142 valence electrons. The fourth-order valence-corrected chi connectivity index (χ4v) is 4.31. The second-order valence-electron chi connectivity index (χ2n) is 7.69. The van der Waals surface area contributed by atoms with Gasteiger partial charge in [0.2, 0.25) is 5.95 Å². The molecule has 0 radical (unpaired) electrons. The second-order valence-corrected chi connectivity index (χ2v) is 7.69. The summed E-state index contributed by atoms with van der Waals surface area (Å²) in [7, 11) is 0. The lowest BCUT2D eigenvalue weighted by Gasteiger charge is -2.35. The molecule has 4 rings (SSSR count). The van der Waals surface area contributed by atoms with E-state index in [1.165, 1.54) is 17.5 Å². The minimum absolute atomic E-state index is 0.0608. The average Bonchev–Trinajstić information content (AvgIpc) is 2.72. The number of amides is 1. The highest BCUT2D eigenvalue weighted by Gasteiger charge is 2.28. The zero-order chi connectivity index (χ0) is 18.8. The third-order valence-corrected chi connectivity index (χ3v) is 5.83. The first-order valence-corrected chi connectivity index (χ1v) is 10.1. The number of benzene rings is 1. The summed E-state index contributed by atoms with van der Waals surface area (Å²) in [6, 6.07) is 10.7. The van der Waals surface area contributed by atoms with E-state index >= 15 is 0 Å². The molecule has 0 spiro atoms. The van der Waals surface area contributed by atoms with E-state index in [4.69, 9.17) is 4.98 Å². The average molecular weight is 364 g/mol. The highest BCUT2D eigenvalue weighted by Crippen LogP contribution is 2.24. The number of rotatable bonds is 3. The predicted molar refractivity (Wildman–Crippen MR) is 107 cm³/mol. The van der Waals surface area contributed by atoms with Crippen LogP contribution in [0.3, 0.4) is 0 Å². The van der Waals surface area contributed by atoms with Crippen molar-refractivity contribution in [1.82, 2.24) is 14.9 Å². The Bertz CT molecular complexity index is 835. The Morgan fingerprint density at radius 3 is 2.78 bits per heavy atom. The van der Waals surface area contributed by atoms with Gasteiger partial charge in [-0.3, -0.25) is 4.79 Å². The van der Waals surface area contributed by atoms with Gasteiger partial charge >= 0.3 is 0 Å². The highest BCUT2D eigenvalue weighted by atomic mass is 16.2. The predicted octanol–water partition coefficient (Wildman–Crippen LogP) is 3.75. The van der Waals surface area contributed by atoms with Crippen LogP contribution in [0.25, 0.3) is 0 Å². The Morgan fingerprint density at radius 1 is 1.15 bits per heavy atom. The van der Waals surface area contributed by atoms with Crippen LogP contribution in [-0.2, 0) is 13.0 Å². The van der Waals surface area contributed by atoms with E-state index in [0.29, 0.717) is 17.7 Å². The Balaban J connectivity index is 1.59. The number of likely N-dealkylation sites (tertiary alicyclic amines) is 1. The molecule has 1 fully saturated rings. The Labute approximate surface area is 161 Å². The first-order chi connectivity index (χ1) is 13.2. The van der Waals surface area contributed by atoms with Crippen LogP contribution >= 0.6 is 0 Å². The van der Waals surface area contributed by atoms with Crippen molar-refractivity contribution in [3.8, 4) is 0 Å². The lowest BCUT2D eigenvalue weighted by molar-refractivity contribution is 0.0601. The molecule has 0 aliphatic carbocycles. The molecule has 0 N–H and O–H groups in total. The molecule has 5 nitrogen and oxygen atoms in total.